The fraction of sp³-hybridized carbons (Fsp3) is 0.500. The Kier molecular flexibility index (Phi) is 5.25. The summed E-state index contributed by atoms with van der Waals surface area (Å²) in [7, 11) is 3.38. The zero-order valence-corrected chi connectivity index (χ0v) is 9.68. The van der Waals surface area contributed by atoms with Gasteiger partial charge in [0, 0.05) is 0 Å². The maximum atomic E-state index is 9.90. The van der Waals surface area contributed by atoms with E-state index in [0.717, 1.165) is 0 Å². The molecule has 0 aliphatic carbocycles. The lowest BCUT2D eigenvalue weighted by Crippen LogP contribution is -2.23. The number of hydrogen-bond donors (Lipinski definition) is 3. The monoisotopic (exact) mass is 225 g/mol. The molecule has 1 aromatic rings. The van der Waals surface area contributed by atoms with Crippen molar-refractivity contribution in [2.45, 2.75) is 18.6 Å². The smallest absolute Gasteiger partial charge is 0.119 e. The molecule has 0 aliphatic heterocycles. The summed E-state index contributed by atoms with van der Waals surface area (Å²) in [6, 6.07) is 7.10. The third-order valence-corrected chi connectivity index (χ3v) is 2.49. The minimum absolute atomic E-state index is 0.509. The second-order valence-corrected chi connectivity index (χ2v) is 3.68. The molecule has 2 atom stereocenters. The number of benzene rings is 1. The fourth-order valence-electron chi connectivity index (χ4n) is 1.50. The highest BCUT2D eigenvalue weighted by Crippen LogP contribution is 2.22. The Bertz CT molecular complexity index is 317. The normalized spacial score (nSPS) is 14.5. The zero-order valence-electron chi connectivity index (χ0n) is 9.68. The van der Waals surface area contributed by atoms with E-state index in [4.69, 9.17) is 4.74 Å². The molecule has 4 heteroatoms. The standard InChI is InChI=1S/C12H19NO3/c1-13-7-6-11(14)12(15)9-4-3-5-10(8-9)16-2/h3-5,8,11-15H,6-7H2,1-2H3. The number of aliphatic hydroxyl groups excluding tert-OH is 2. The Labute approximate surface area is 95.9 Å². The molecule has 3 N–H and O–H groups in total. The van der Waals surface area contributed by atoms with E-state index in [-0.39, 0.29) is 0 Å². The highest BCUT2D eigenvalue weighted by molar-refractivity contribution is 5.30. The molecule has 2 unspecified atom stereocenters. The molecule has 0 spiro atoms. The van der Waals surface area contributed by atoms with Crippen LogP contribution >= 0.6 is 0 Å². The summed E-state index contributed by atoms with van der Waals surface area (Å²) < 4.78 is 5.06. The van der Waals surface area contributed by atoms with Gasteiger partial charge in [-0.3, -0.25) is 0 Å². The Balaban J connectivity index is 2.67. The molecule has 0 radical (unpaired) electrons. The van der Waals surface area contributed by atoms with E-state index in [1.807, 2.05) is 7.05 Å². The van der Waals surface area contributed by atoms with E-state index < -0.39 is 12.2 Å². The largest absolute Gasteiger partial charge is 0.497 e. The molecule has 1 rings (SSSR count). The van der Waals surface area contributed by atoms with E-state index in [2.05, 4.69) is 5.32 Å². The van der Waals surface area contributed by atoms with Gasteiger partial charge in [-0.05, 0) is 37.7 Å². The third kappa shape index (κ3) is 3.48. The van der Waals surface area contributed by atoms with E-state index in [0.29, 0.717) is 24.3 Å². The van der Waals surface area contributed by atoms with Crippen LogP contribution in [0.1, 0.15) is 18.1 Å². The maximum absolute atomic E-state index is 9.90. The molecular weight excluding hydrogens is 206 g/mol. The Morgan fingerprint density at radius 3 is 2.75 bits per heavy atom. The van der Waals surface area contributed by atoms with Gasteiger partial charge < -0.3 is 20.3 Å². The lowest BCUT2D eigenvalue weighted by atomic mass is 10.0. The molecule has 90 valence electrons. The quantitative estimate of drug-likeness (QED) is 0.667. The van der Waals surface area contributed by atoms with Crippen molar-refractivity contribution in [1.82, 2.24) is 5.32 Å². The first kappa shape index (κ1) is 13.0. The van der Waals surface area contributed by atoms with Crippen molar-refractivity contribution in [3.05, 3.63) is 29.8 Å². The number of hydrogen-bond acceptors (Lipinski definition) is 4. The van der Waals surface area contributed by atoms with Crippen molar-refractivity contribution >= 4 is 0 Å². The molecule has 0 amide bonds. The van der Waals surface area contributed by atoms with Crippen LogP contribution in [-0.2, 0) is 0 Å². The van der Waals surface area contributed by atoms with Gasteiger partial charge in [0.25, 0.3) is 0 Å². The van der Waals surface area contributed by atoms with Crippen LogP contribution in [0.15, 0.2) is 24.3 Å². The lowest BCUT2D eigenvalue weighted by Gasteiger charge is -2.18. The molecular formula is C12H19NO3. The highest BCUT2D eigenvalue weighted by Gasteiger charge is 2.17. The van der Waals surface area contributed by atoms with E-state index in [1.165, 1.54) is 0 Å². The number of ether oxygens (including phenoxy) is 1. The average Bonchev–Trinajstić information content (AvgIpc) is 2.35. The van der Waals surface area contributed by atoms with Gasteiger partial charge >= 0.3 is 0 Å². The van der Waals surface area contributed by atoms with Crippen LogP contribution in [0.25, 0.3) is 0 Å². The summed E-state index contributed by atoms with van der Waals surface area (Å²) >= 11 is 0. The molecule has 0 aliphatic rings. The van der Waals surface area contributed by atoms with Gasteiger partial charge in [0.1, 0.15) is 11.9 Å². The lowest BCUT2D eigenvalue weighted by molar-refractivity contribution is 0.0139. The summed E-state index contributed by atoms with van der Waals surface area (Å²) in [5, 5.41) is 22.6. The topological polar surface area (TPSA) is 61.7 Å². The molecule has 0 saturated carbocycles. The number of rotatable bonds is 6. The third-order valence-electron chi connectivity index (χ3n) is 2.49. The van der Waals surface area contributed by atoms with Gasteiger partial charge in [0.2, 0.25) is 0 Å². The SMILES string of the molecule is CNCCC(O)C(O)c1cccc(OC)c1. The molecule has 0 aromatic heterocycles. The predicted molar refractivity (Wildman–Crippen MR) is 62.5 cm³/mol. The Morgan fingerprint density at radius 1 is 1.38 bits per heavy atom. The predicted octanol–water partition coefficient (Wildman–Crippen LogP) is 0.699. The minimum atomic E-state index is -0.872. The van der Waals surface area contributed by atoms with Crippen LogP contribution < -0.4 is 10.1 Å². The van der Waals surface area contributed by atoms with Crippen molar-refractivity contribution in [2.24, 2.45) is 0 Å². The van der Waals surface area contributed by atoms with Crippen LogP contribution in [0.2, 0.25) is 0 Å². The molecule has 0 heterocycles. The van der Waals surface area contributed by atoms with Crippen LogP contribution in [0.4, 0.5) is 0 Å². The summed E-state index contributed by atoms with van der Waals surface area (Å²) in [6.45, 7) is 0.669. The maximum Gasteiger partial charge on any atom is 0.119 e. The summed E-state index contributed by atoms with van der Waals surface area (Å²) in [6.07, 6.45) is -1.13. The van der Waals surface area contributed by atoms with Gasteiger partial charge in [-0.15, -0.1) is 0 Å². The minimum Gasteiger partial charge on any atom is -0.497 e. The van der Waals surface area contributed by atoms with Crippen LogP contribution in [0, 0.1) is 0 Å². The van der Waals surface area contributed by atoms with E-state index >= 15 is 0 Å². The van der Waals surface area contributed by atoms with Gasteiger partial charge in [-0.25, -0.2) is 0 Å². The molecule has 1 aromatic carbocycles. The molecule has 0 bridgehead atoms. The van der Waals surface area contributed by atoms with Gasteiger partial charge in [-0.1, -0.05) is 12.1 Å². The summed E-state index contributed by atoms with van der Waals surface area (Å²) in [5.74, 6) is 0.678. The van der Waals surface area contributed by atoms with Crippen molar-refractivity contribution in [1.29, 1.82) is 0 Å². The van der Waals surface area contributed by atoms with Crippen molar-refractivity contribution in [3.8, 4) is 5.75 Å². The van der Waals surface area contributed by atoms with Gasteiger partial charge in [0.05, 0.1) is 13.2 Å². The molecule has 16 heavy (non-hydrogen) atoms. The first-order valence-corrected chi connectivity index (χ1v) is 5.33. The first-order chi connectivity index (χ1) is 7.69. The average molecular weight is 225 g/mol. The highest BCUT2D eigenvalue weighted by atomic mass is 16.5. The summed E-state index contributed by atoms with van der Waals surface area (Å²) in [5.41, 5.74) is 0.669. The van der Waals surface area contributed by atoms with Gasteiger partial charge in [-0.2, -0.15) is 0 Å². The fourth-order valence-corrected chi connectivity index (χ4v) is 1.50. The second-order valence-electron chi connectivity index (χ2n) is 3.68. The van der Waals surface area contributed by atoms with Crippen LogP contribution in [0.3, 0.4) is 0 Å². The van der Waals surface area contributed by atoms with Crippen molar-refractivity contribution < 1.29 is 14.9 Å². The van der Waals surface area contributed by atoms with Crippen molar-refractivity contribution in [2.75, 3.05) is 20.7 Å². The number of nitrogens with one attached hydrogen (secondary N) is 1. The number of aliphatic hydroxyl groups is 2. The van der Waals surface area contributed by atoms with E-state index in [9.17, 15) is 10.2 Å². The number of methoxy groups -OCH3 is 1. The molecule has 0 saturated heterocycles. The Hall–Kier alpha value is -1.10. The van der Waals surface area contributed by atoms with Crippen molar-refractivity contribution in [3.63, 3.8) is 0 Å². The zero-order chi connectivity index (χ0) is 12.0. The van der Waals surface area contributed by atoms with Crippen LogP contribution in [-0.4, -0.2) is 37.0 Å². The van der Waals surface area contributed by atoms with Crippen LogP contribution in [0.5, 0.6) is 5.75 Å². The molecule has 4 nitrogen and oxygen atoms in total. The van der Waals surface area contributed by atoms with E-state index in [1.54, 1.807) is 31.4 Å². The summed E-state index contributed by atoms with van der Waals surface area (Å²) in [4.78, 5) is 0. The first-order valence-electron chi connectivity index (χ1n) is 5.33. The van der Waals surface area contributed by atoms with Gasteiger partial charge in [0.15, 0.2) is 0 Å². The Morgan fingerprint density at radius 2 is 2.12 bits per heavy atom. The molecule has 0 fully saturated rings. The second kappa shape index (κ2) is 6.48.